The fourth-order valence-corrected chi connectivity index (χ4v) is 2.96. The van der Waals surface area contributed by atoms with Crippen LogP contribution < -0.4 is 0 Å². The van der Waals surface area contributed by atoms with Crippen molar-refractivity contribution in [3.05, 3.63) is 41.0 Å². The number of nitrogens with one attached hydrogen (secondary N) is 1. The van der Waals surface area contributed by atoms with E-state index in [1.54, 1.807) is 6.20 Å². The van der Waals surface area contributed by atoms with Crippen molar-refractivity contribution in [2.24, 2.45) is 5.92 Å². The number of likely N-dealkylation sites (tertiary alicyclic amines) is 1. The molecule has 1 aliphatic rings. The molecule has 1 fully saturated rings. The van der Waals surface area contributed by atoms with Crippen molar-refractivity contribution in [1.82, 2.24) is 15.1 Å². The summed E-state index contributed by atoms with van der Waals surface area (Å²) in [5, 5.41) is 7.66. The van der Waals surface area contributed by atoms with Crippen LogP contribution in [0.2, 0.25) is 5.02 Å². The molecule has 1 atom stereocenters. The van der Waals surface area contributed by atoms with Gasteiger partial charge in [-0.05, 0) is 30.9 Å². The average molecular weight is 304 g/mol. The molecule has 5 heteroatoms. The number of H-pyrrole nitrogens is 1. The summed E-state index contributed by atoms with van der Waals surface area (Å²) in [6.45, 7) is 3.84. The number of amides is 1. The van der Waals surface area contributed by atoms with Crippen molar-refractivity contribution in [2.75, 3.05) is 13.1 Å². The molecule has 1 aliphatic heterocycles. The average Bonchev–Trinajstić information content (AvgIpc) is 2.96. The number of halogens is 1. The minimum absolute atomic E-state index is 0.0558. The van der Waals surface area contributed by atoms with Crippen LogP contribution >= 0.6 is 11.6 Å². The van der Waals surface area contributed by atoms with Gasteiger partial charge >= 0.3 is 0 Å². The summed E-state index contributed by atoms with van der Waals surface area (Å²) in [7, 11) is 0. The van der Waals surface area contributed by atoms with E-state index in [1.165, 1.54) is 6.42 Å². The van der Waals surface area contributed by atoms with E-state index in [2.05, 4.69) is 17.1 Å². The van der Waals surface area contributed by atoms with Gasteiger partial charge in [0.2, 0.25) is 0 Å². The SMILES string of the molecule is CC1CCCN(C(=O)c2cn[nH]c2-c2ccc(Cl)cc2)C1. The summed E-state index contributed by atoms with van der Waals surface area (Å²) in [5.41, 5.74) is 2.31. The molecule has 1 aromatic heterocycles. The molecular weight excluding hydrogens is 286 g/mol. The molecule has 0 aliphatic carbocycles. The summed E-state index contributed by atoms with van der Waals surface area (Å²) in [4.78, 5) is 14.6. The Hall–Kier alpha value is -1.81. The number of carbonyl (C=O) groups excluding carboxylic acids is 1. The van der Waals surface area contributed by atoms with Gasteiger partial charge < -0.3 is 4.90 Å². The van der Waals surface area contributed by atoms with Crippen LogP contribution in [0.4, 0.5) is 0 Å². The Morgan fingerprint density at radius 2 is 2.14 bits per heavy atom. The lowest BCUT2D eigenvalue weighted by molar-refractivity contribution is 0.0684. The molecule has 0 radical (unpaired) electrons. The molecule has 1 amide bonds. The topological polar surface area (TPSA) is 49.0 Å². The normalized spacial score (nSPS) is 18.8. The van der Waals surface area contributed by atoms with Crippen molar-refractivity contribution < 1.29 is 4.79 Å². The summed E-state index contributed by atoms with van der Waals surface area (Å²) in [6, 6.07) is 7.42. The third kappa shape index (κ3) is 2.95. The van der Waals surface area contributed by atoms with Gasteiger partial charge in [0.05, 0.1) is 17.5 Å². The van der Waals surface area contributed by atoms with E-state index in [-0.39, 0.29) is 5.91 Å². The lowest BCUT2D eigenvalue weighted by Crippen LogP contribution is -2.39. The third-order valence-electron chi connectivity index (χ3n) is 3.95. The number of aromatic nitrogens is 2. The molecule has 1 unspecified atom stereocenters. The van der Waals surface area contributed by atoms with Crippen LogP contribution in [0.3, 0.4) is 0 Å². The van der Waals surface area contributed by atoms with Crippen LogP contribution in [-0.4, -0.2) is 34.1 Å². The highest BCUT2D eigenvalue weighted by Crippen LogP contribution is 2.25. The minimum Gasteiger partial charge on any atom is -0.338 e. The number of aromatic amines is 1. The zero-order valence-electron chi connectivity index (χ0n) is 12.0. The zero-order valence-corrected chi connectivity index (χ0v) is 12.7. The molecule has 4 nitrogen and oxygen atoms in total. The molecular formula is C16H18ClN3O. The lowest BCUT2D eigenvalue weighted by atomic mass is 9.99. The largest absolute Gasteiger partial charge is 0.338 e. The predicted molar refractivity (Wildman–Crippen MR) is 83.3 cm³/mol. The zero-order chi connectivity index (χ0) is 14.8. The van der Waals surface area contributed by atoms with E-state index >= 15 is 0 Å². The van der Waals surface area contributed by atoms with Crippen LogP contribution in [0.5, 0.6) is 0 Å². The van der Waals surface area contributed by atoms with E-state index < -0.39 is 0 Å². The summed E-state index contributed by atoms with van der Waals surface area (Å²) in [5.74, 6) is 0.619. The van der Waals surface area contributed by atoms with E-state index in [4.69, 9.17) is 11.6 Å². The second kappa shape index (κ2) is 5.90. The number of nitrogens with zero attached hydrogens (tertiary/aromatic N) is 2. The minimum atomic E-state index is 0.0558. The molecule has 1 aromatic carbocycles. The molecule has 0 bridgehead atoms. The first kappa shape index (κ1) is 14.1. The van der Waals surface area contributed by atoms with E-state index in [0.29, 0.717) is 16.5 Å². The molecule has 0 spiro atoms. The highest BCUT2D eigenvalue weighted by Gasteiger charge is 2.25. The van der Waals surface area contributed by atoms with Gasteiger partial charge in [0.15, 0.2) is 0 Å². The number of carbonyl (C=O) groups is 1. The van der Waals surface area contributed by atoms with E-state index in [9.17, 15) is 4.79 Å². The lowest BCUT2D eigenvalue weighted by Gasteiger charge is -2.30. The maximum atomic E-state index is 12.7. The fraction of sp³-hybridized carbons (Fsp3) is 0.375. The molecule has 110 valence electrons. The summed E-state index contributed by atoms with van der Waals surface area (Å²) >= 11 is 5.91. The molecule has 3 rings (SSSR count). The Bertz CT molecular complexity index is 635. The van der Waals surface area contributed by atoms with Gasteiger partial charge in [-0.25, -0.2) is 0 Å². The maximum absolute atomic E-state index is 12.7. The van der Waals surface area contributed by atoms with Gasteiger partial charge in [-0.3, -0.25) is 9.89 Å². The van der Waals surface area contributed by atoms with Crippen LogP contribution in [0.15, 0.2) is 30.5 Å². The number of benzene rings is 1. The fourth-order valence-electron chi connectivity index (χ4n) is 2.83. The molecule has 2 aromatic rings. The first-order valence-corrected chi connectivity index (χ1v) is 7.61. The van der Waals surface area contributed by atoms with Crippen molar-refractivity contribution in [1.29, 1.82) is 0 Å². The summed E-state index contributed by atoms with van der Waals surface area (Å²) in [6.07, 6.45) is 3.88. The van der Waals surface area contributed by atoms with Gasteiger partial charge in [-0.1, -0.05) is 30.7 Å². The Kier molecular flexibility index (Phi) is 3.97. The predicted octanol–water partition coefficient (Wildman–Crippen LogP) is 3.60. The molecule has 2 heterocycles. The van der Waals surface area contributed by atoms with E-state index in [1.807, 2.05) is 29.2 Å². The van der Waals surface area contributed by atoms with Crippen molar-refractivity contribution >= 4 is 17.5 Å². The van der Waals surface area contributed by atoms with Gasteiger partial charge in [0.25, 0.3) is 5.91 Å². The highest BCUT2D eigenvalue weighted by molar-refractivity contribution is 6.30. The van der Waals surface area contributed by atoms with Gasteiger partial charge in [-0.15, -0.1) is 0 Å². The number of hydrogen-bond acceptors (Lipinski definition) is 2. The maximum Gasteiger partial charge on any atom is 0.257 e. The second-order valence-corrected chi connectivity index (χ2v) is 6.10. The first-order valence-electron chi connectivity index (χ1n) is 7.23. The third-order valence-corrected chi connectivity index (χ3v) is 4.20. The van der Waals surface area contributed by atoms with Crippen LogP contribution in [0.1, 0.15) is 30.1 Å². The van der Waals surface area contributed by atoms with Gasteiger partial charge in [-0.2, -0.15) is 5.10 Å². The standard InChI is InChI=1S/C16H18ClN3O/c1-11-3-2-8-20(10-11)16(21)14-9-18-19-15(14)12-4-6-13(17)7-5-12/h4-7,9,11H,2-3,8,10H2,1H3,(H,18,19). The van der Waals surface area contributed by atoms with Crippen molar-refractivity contribution in [3.8, 4) is 11.3 Å². The van der Waals surface area contributed by atoms with Crippen LogP contribution in [-0.2, 0) is 0 Å². The second-order valence-electron chi connectivity index (χ2n) is 5.66. The summed E-state index contributed by atoms with van der Waals surface area (Å²) < 4.78 is 0. The van der Waals surface area contributed by atoms with Crippen molar-refractivity contribution in [2.45, 2.75) is 19.8 Å². The Balaban J connectivity index is 1.88. The molecule has 1 saturated heterocycles. The Labute approximate surface area is 129 Å². The first-order chi connectivity index (χ1) is 10.1. The van der Waals surface area contributed by atoms with Gasteiger partial charge in [0, 0.05) is 23.7 Å². The molecule has 21 heavy (non-hydrogen) atoms. The Morgan fingerprint density at radius 1 is 1.38 bits per heavy atom. The molecule has 1 N–H and O–H groups in total. The van der Waals surface area contributed by atoms with Crippen molar-refractivity contribution in [3.63, 3.8) is 0 Å². The quantitative estimate of drug-likeness (QED) is 0.921. The Morgan fingerprint density at radius 3 is 2.86 bits per heavy atom. The smallest absolute Gasteiger partial charge is 0.257 e. The number of piperidine rings is 1. The van der Waals surface area contributed by atoms with Crippen LogP contribution in [0.25, 0.3) is 11.3 Å². The van der Waals surface area contributed by atoms with Crippen LogP contribution in [0, 0.1) is 5.92 Å². The molecule has 0 saturated carbocycles. The monoisotopic (exact) mass is 303 g/mol. The van der Waals surface area contributed by atoms with E-state index in [0.717, 1.165) is 30.8 Å². The number of rotatable bonds is 2. The highest BCUT2D eigenvalue weighted by atomic mass is 35.5. The van der Waals surface area contributed by atoms with Gasteiger partial charge in [0.1, 0.15) is 0 Å². The number of hydrogen-bond donors (Lipinski definition) is 1.